The molecule has 0 aliphatic heterocycles. The van der Waals surface area contributed by atoms with Crippen molar-refractivity contribution < 1.29 is 9.53 Å². The van der Waals surface area contributed by atoms with E-state index in [4.69, 9.17) is 16.3 Å². The van der Waals surface area contributed by atoms with Crippen LogP contribution >= 0.6 is 11.6 Å². The van der Waals surface area contributed by atoms with Gasteiger partial charge in [-0.15, -0.1) is 0 Å². The minimum Gasteiger partial charge on any atom is -0.478 e. The Morgan fingerprint density at radius 2 is 1.95 bits per heavy atom. The number of anilines is 1. The number of carbonyl (C=O) groups excluding carboxylic acids is 1. The van der Waals surface area contributed by atoms with E-state index in [9.17, 15) is 4.79 Å². The van der Waals surface area contributed by atoms with Gasteiger partial charge in [-0.3, -0.25) is 9.48 Å². The first kappa shape index (κ1) is 14.4. The van der Waals surface area contributed by atoms with Crippen molar-refractivity contribution in [2.75, 3.05) is 5.32 Å². The second kappa shape index (κ2) is 5.54. The number of hydrogen-bond donors (Lipinski definition) is 1. The molecule has 5 nitrogen and oxygen atoms in total. The number of nitrogens with zero attached hydrogens (tertiary/aromatic N) is 2. The number of halogens is 1. The molecule has 0 aliphatic rings. The molecule has 0 saturated carbocycles. The molecule has 106 valence electrons. The summed E-state index contributed by atoms with van der Waals surface area (Å²) >= 11 is 5.81. The zero-order valence-corrected chi connectivity index (χ0v) is 12.3. The predicted molar refractivity (Wildman–Crippen MR) is 78.0 cm³/mol. The molecule has 2 aromatic rings. The Balaban J connectivity index is 2.05. The monoisotopic (exact) mass is 293 g/mol. The third-order valence-corrected chi connectivity index (χ3v) is 2.94. The molecule has 1 aromatic carbocycles. The highest BCUT2D eigenvalue weighted by Crippen LogP contribution is 2.21. The predicted octanol–water partition coefficient (Wildman–Crippen LogP) is 2.87. The highest BCUT2D eigenvalue weighted by atomic mass is 35.5. The first-order valence-electron chi connectivity index (χ1n) is 6.12. The van der Waals surface area contributed by atoms with Crippen LogP contribution in [0.1, 0.15) is 13.8 Å². The van der Waals surface area contributed by atoms with Crippen molar-refractivity contribution in [3.8, 4) is 5.75 Å². The number of nitrogens with one attached hydrogen (secondary N) is 1. The van der Waals surface area contributed by atoms with Crippen molar-refractivity contribution in [3.05, 3.63) is 41.6 Å². The van der Waals surface area contributed by atoms with Gasteiger partial charge in [-0.1, -0.05) is 11.6 Å². The Labute approximate surface area is 122 Å². The van der Waals surface area contributed by atoms with Gasteiger partial charge < -0.3 is 10.1 Å². The molecule has 0 fully saturated rings. The van der Waals surface area contributed by atoms with Crippen molar-refractivity contribution in [2.24, 2.45) is 7.05 Å². The first-order valence-corrected chi connectivity index (χ1v) is 6.50. The van der Waals surface area contributed by atoms with Crippen molar-refractivity contribution in [1.82, 2.24) is 9.78 Å². The maximum atomic E-state index is 12.2. The summed E-state index contributed by atoms with van der Waals surface area (Å²) in [6.45, 7) is 3.39. The van der Waals surface area contributed by atoms with Gasteiger partial charge in [0.2, 0.25) is 0 Å². The van der Waals surface area contributed by atoms with Gasteiger partial charge in [0.1, 0.15) is 5.75 Å². The fourth-order valence-corrected chi connectivity index (χ4v) is 1.72. The van der Waals surface area contributed by atoms with Crippen molar-refractivity contribution in [2.45, 2.75) is 19.4 Å². The zero-order valence-electron chi connectivity index (χ0n) is 11.6. The molecule has 0 spiro atoms. The lowest BCUT2D eigenvalue weighted by atomic mass is 10.1. The smallest absolute Gasteiger partial charge is 0.269 e. The van der Waals surface area contributed by atoms with Gasteiger partial charge in [0.25, 0.3) is 5.91 Å². The molecule has 1 N–H and O–H groups in total. The standard InChI is InChI=1S/C14H16ClN3O2/c1-14(2,20-11-6-4-10(15)5-7-11)13(19)16-12-8-9-18(3)17-12/h4-9H,1-3H3,(H,16,17,19). The summed E-state index contributed by atoms with van der Waals surface area (Å²) < 4.78 is 7.31. The van der Waals surface area contributed by atoms with E-state index in [1.165, 1.54) is 0 Å². The van der Waals surface area contributed by atoms with Crippen LogP contribution in [0.3, 0.4) is 0 Å². The molecule has 0 bridgehead atoms. The molecule has 0 saturated heterocycles. The van der Waals surface area contributed by atoms with Crippen LogP contribution in [0.2, 0.25) is 5.02 Å². The number of rotatable bonds is 4. The molecule has 1 aromatic heterocycles. The number of amides is 1. The van der Waals surface area contributed by atoms with E-state index in [-0.39, 0.29) is 5.91 Å². The summed E-state index contributed by atoms with van der Waals surface area (Å²) in [7, 11) is 1.78. The van der Waals surface area contributed by atoms with Gasteiger partial charge in [0.05, 0.1) is 0 Å². The summed E-state index contributed by atoms with van der Waals surface area (Å²) in [5, 5.41) is 7.43. The number of aromatic nitrogens is 2. The average Bonchev–Trinajstić information content (AvgIpc) is 2.77. The van der Waals surface area contributed by atoms with Gasteiger partial charge in [0, 0.05) is 24.3 Å². The molecule has 6 heteroatoms. The highest BCUT2D eigenvalue weighted by molar-refractivity contribution is 6.30. The van der Waals surface area contributed by atoms with E-state index >= 15 is 0 Å². The number of carbonyl (C=O) groups is 1. The van der Waals surface area contributed by atoms with Gasteiger partial charge in [0.15, 0.2) is 11.4 Å². The minimum atomic E-state index is -1.02. The molecule has 2 rings (SSSR count). The molecule has 0 atom stereocenters. The van der Waals surface area contributed by atoms with Crippen LogP contribution in [0.5, 0.6) is 5.75 Å². The van der Waals surface area contributed by atoms with Gasteiger partial charge >= 0.3 is 0 Å². The number of benzene rings is 1. The first-order chi connectivity index (χ1) is 9.37. The van der Waals surface area contributed by atoms with Crippen LogP contribution in [-0.2, 0) is 11.8 Å². The third kappa shape index (κ3) is 3.51. The second-order valence-electron chi connectivity index (χ2n) is 4.90. The average molecular weight is 294 g/mol. The molecule has 1 amide bonds. The Morgan fingerprint density at radius 3 is 2.50 bits per heavy atom. The van der Waals surface area contributed by atoms with Gasteiger partial charge in [-0.25, -0.2) is 0 Å². The van der Waals surface area contributed by atoms with E-state index in [2.05, 4.69) is 10.4 Å². The largest absolute Gasteiger partial charge is 0.478 e. The molecular weight excluding hydrogens is 278 g/mol. The Kier molecular flexibility index (Phi) is 3.99. The third-order valence-electron chi connectivity index (χ3n) is 2.69. The lowest BCUT2D eigenvalue weighted by Gasteiger charge is -2.24. The number of hydrogen-bond acceptors (Lipinski definition) is 3. The molecule has 0 aliphatic carbocycles. The second-order valence-corrected chi connectivity index (χ2v) is 5.33. The van der Waals surface area contributed by atoms with Crippen molar-refractivity contribution in [1.29, 1.82) is 0 Å². The van der Waals surface area contributed by atoms with Crippen molar-refractivity contribution >= 4 is 23.3 Å². The van der Waals surface area contributed by atoms with E-state index in [0.29, 0.717) is 16.6 Å². The van der Waals surface area contributed by atoms with Crippen molar-refractivity contribution in [3.63, 3.8) is 0 Å². The molecular formula is C14H16ClN3O2. The maximum absolute atomic E-state index is 12.2. The van der Waals surface area contributed by atoms with E-state index in [1.54, 1.807) is 62.1 Å². The summed E-state index contributed by atoms with van der Waals surface area (Å²) in [4.78, 5) is 12.2. The number of ether oxygens (including phenoxy) is 1. The molecule has 1 heterocycles. The topological polar surface area (TPSA) is 56.2 Å². The Morgan fingerprint density at radius 1 is 1.30 bits per heavy atom. The van der Waals surface area contributed by atoms with E-state index < -0.39 is 5.60 Å². The fraction of sp³-hybridized carbons (Fsp3) is 0.286. The van der Waals surface area contributed by atoms with Crippen LogP contribution in [0.4, 0.5) is 5.82 Å². The van der Waals surface area contributed by atoms with Crippen LogP contribution in [-0.4, -0.2) is 21.3 Å². The fourth-order valence-electron chi connectivity index (χ4n) is 1.59. The van der Waals surface area contributed by atoms with Gasteiger partial charge in [-0.05, 0) is 38.1 Å². The molecule has 0 radical (unpaired) electrons. The number of aryl methyl sites for hydroxylation is 1. The van der Waals surface area contributed by atoms with Gasteiger partial charge in [-0.2, -0.15) is 5.10 Å². The minimum absolute atomic E-state index is 0.272. The zero-order chi connectivity index (χ0) is 14.8. The lowest BCUT2D eigenvalue weighted by molar-refractivity contribution is -0.128. The van der Waals surface area contributed by atoms with Crippen LogP contribution in [0.25, 0.3) is 0 Å². The van der Waals surface area contributed by atoms with Crippen LogP contribution < -0.4 is 10.1 Å². The molecule has 20 heavy (non-hydrogen) atoms. The van der Waals surface area contributed by atoms with E-state index in [0.717, 1.165) is 0 Å². The highest BCUT2D eigenvalue weighted by Gasteiger charge is 2.30. The lowest BCUT2D eigenvalue weighted by Crippen LogP contribution is -2.42. The van der Waals surface area contributed by atoms with E-state index in [1.807, 2.05) is 0 Å². The SMILES string of the molecule is Cn1ccc(NC(=O)C(C)(C)Oc2ccc(Cl)cc2)n1. The van der Waals surface area contributed by atoms with Crippen LogP contribution in [0.15, 0.2) is 36.5 Å². The summed E-state index contributed by atoms with van der Waals surface area (Å²) in [6.07, 6.45) is 1.75. The quantitative estimate of drug-likeness (QED) is 0.943. The summed E-state index contributed by atoms with van der Waals surface area (Å²) in [5.41, 5.74) is -1.02. The summed E-state index contributed by atoms with van der Waals surface area (Å²) in [6, 6.07) is 8.58. The normalized spacial score (nSPS) is 11.2. The Bertz CT molecular complexity index is 605. The molecule has 0 unspecified atom stereocenters. The Hall–Kier alpha value is -2.01. The summed E-state index contributed by atoms with van der Waals surface area (Å²) in [5.74, 6) is 0.798. The maximum Gasteiger partial charge on any atom is 0.269 e. The van der Waals surface area contributed by atoms with Crippen LogP contribution in [0, 0.1) is 0 Å².